The predicted molar refractivity (Wildman–Crippen MR) is 171 cm³/mol. The normalized spacial score (nSPS) is 17.3. The van der Waals surface area contributed by atoms with E-state index in [1.165, 1.54) is 28.4 Å². The van der Waals surface area contributed by atoms with Crippen molar-refractivity contribution in [1.82, 2.24) is 15.5 Å². The summed E-state index contributed by atoms with van der Waals surface area (Å²) in [5.41, 5.74) is 3.54. The molecule has 1 aliphatic rings. The van der Waals surface area contributed by atoms with Gasteiger partial charge in [-0.15, -0.1) is 23.5 Å². The number of thioether (sulfide) groups is 2. The fourth-order valence-corrected chi connectivity index (χ4v) is 6.72. The number of anilines is 1. The van der Waals surface area contributed by atoms with Crippen molar-refractivity contribution >= 4 is 47.1 Å². The molecular weight excluding hydrogens is 569 g/mol. The van der Waals surface area contributed by atoms with Crippen LogP contribution in [0.3, 0.4) is 0 Å². The van der Waals surface area contributed by atoms with Crippen LogP contribution in [0.15, 0.2) is 83.8 Å². The van der Waals surface area contributed by atoms with Gasteiger partial charge < -0.3 is 26.0 Å². The molecule has 3 aromatic rings. The number of nitrogens with one attached hydrogen (secondary N) is 3. The number of nitrogens with zero attached hydrogens (tertiary/aromatic N) is 1. The van der Waals surface area contributed by atoms with Crippen molar-refractivity contribution in [3.8, 4) is 0 Å². The fourth-order valence-electron chi connectivity index (χ4n) is 5.03. The quantitative estimate of drug-likeness (QED) is 0.247. The lowest BCUT2D eigenvalue weighted by molar-refractivity contribution is -0.147. The van der Waals surface area contributed by atoms with Crippen LogP contribution in [0.2, 0.25) is 0 Å². The standard InChI is InChI=1S/C32H38N4O4S2/c1-21-12-8-9-15-23(21)19-33-29(38)28-32(2,3)42-20-36(28)30(39)27(37)25(18-22-13-6-5-7-14-22)35-31(40)34-24-16-10-11-17-26(24)41-4/h5-17,25,27-28,37H,18-20H2,1-4H3,(H,33,38)(H2,34,35,40). The zero-order valence-corrected chi connectivity index (χ0v) is 25.9. The maximum atomic E-state index is 13.9. The molecule has 3 aromatic carbocycles. The number of aliphatic hydroxyl groups is 1. The van der Waals surface area contributed by atoms with E-state index in [1.807, 2.05) is 99.8 Å². The summed E-state index contributed by atoms with van der Waals surface area (Å²) < 4.78 is -0.577. The van der Waals surface area contributed by atoms with E-state index in [9.17, 15) is 19.5 Å². The summed E-state index contributed by atoms with van der Waals surface area (Å²) in [5, 5.41) is 20.1. The molecule has 3 atom stereocenters. The molecule has 10 heteroatoms. The van der Waals surface area contributed by atoms with Crippen molar-refractivity contribution < 1.29 is 19.5 Å². The molecule has 4 N–H and O–H groups in total. The van der Waals surface area contributed by atoms with Crippen molar-refractivity contribution in [2.75, 3.05) is 17.4 Å². The lowest BCUT2D eigenvalue weighted by Crippen LogP contribution is -2.59. The second kappa shape index (κ2) is 14.1. The van der Waals surface area contributed by atoms with E-state index < -0.39 is 34.9 Å². The number of aryl methyl sites for hydroxylation is 1. The zero-order valence-electron chi connectivity index (χ0n) is 24.3. The van der Waals surface area contributed by atoms with E-state index in [4.69, 9.17) is 0 Å². The number of hydrogen-bond acceptors (Lipinski definition) is 6. The van der Waals surface area contributed by atoms with Gasteiger partial charge in [-0.25, -0.2) is 4.79 Å². The summed E-state index contributed by atoms with van der Waals surface area (Å²) in [6, 6.07) is 22.3. The minimum absolute atomic E-state index is 0.222. The maximum Gasteiger partial charge on any atom is 0.319 e. The maximum absolute atomic E-state index is 13.9. The van der Waals surface area contributed by atoms with Crippen LogP contribution in [-0.4, -0.2) is 62.9 Å². The Labute approximate surface area is 256 Å². The van der Waals surface area contributed by atoms with Gasteiger partial charge in [0.1, 0.15) is 6.04 Å². The average molecular weight is 607 g/mol. The number of hydrogen-bond donors (Lipinski definition) is 4. The molecule has 4 amide bonds. The molecule has 3 unspecified atom stereocenters. The first-order valence-corrected chi connectivity index (χ1v) is 16.0. The molecule has 42 heavy (non-hydrogen) atoms. The van der Waals surface area contributed by atoms with Crippen molar-refractivity contribution in [3.63, 3.8) is 0 Å². The van der Waals surface area contributed by atoms with Crippen LogP contribution in [0, 0.1) is 6.92 Å². The van der Waals surface area contributed by atoms with Gasteiger partial charge in [-0.2, -0.15) is 0 Å². The Morgan fingerprint density at radius 1 is 1.02 bits per heavy atom. The van der Waals surface area contributed by atoms with Gasteiger partial charge in [0.25, 0.3) is 5.91 Å². The summed E-state index contributed by atoms with van der Waals surface area (Å²) in [6.07, 6.45) is 0.565. The first-order chi connectivity index (χ1) is 20.1. The van der Waals surface area contributed by atoms with Crippen LogP contribution in [0.5, 0.6) is 0 Å². The molecule has 8 nitrogen and oxygen atoms in total. The first kappa shape index (κ1) is 31.5. The Kier molecular flexibility index (Phi) is 10.6. The van der Waals surface area contributed by atoms with Gasteiger partial charge in [-0.1, -0.05) is 66.7 Å². The van der Waals surface area contributed by atoms with Crippen molar-refractivity contribution in [3.05, 3.63) is 95.6 Å². The predicted octanol–water partition coefficient (Wildman–Crippen LogP) is 4.81. The number of urea groups is 1. The highest BCUT2D eigenvalue weighted by atomic mass is 32.2. The highest BCUT2D eigenvalue weighted by molar-refractivity contribution is 8.00. The van der Waals surface area contributed by atoms with Crippen LogP contribution in [-0.2, 0) is 22.6 Å². The molecule has 0 aromatic heterocycles. The second-order valence-electron chi connectivity index (χ2n) is 10.8. The molecule has 1 aliphatic heterocycles. The summed E-state index contributed by atoms with van der Waals surface area (Å²) >= 11 is 2.98. The third-order valence-electron chi connectivity index (χ3n) is 7.40. The highest BCUT2D eigenvalue weighted by Gasteiger charge is 2.49. The number of carbonyl (C=O) groups is 3. The van der Waals surface area contributed by atoms with Crippen molar-refractivity contribution in [2.24, 2.45) is 0 Å². The fraction of sp³-hybridized carbons (Fsp3) is 0.344. The lowest BCUT2D eigenvalue weighted by atomic mass is 9.97. The Morgan fingerprint density at radius 3 is 2.40 bits per heavy atom. The highest BCUT2D eigenvalue weighted by Crippen LogP contribution is 2.40. The molecule has 4 rings (SSSR count). The number of para-hydroxylation sites is 1. The van der Waals surface area contributed by atoms with Gasteiger partial charge in [0, 0.05) is 16.2 Å². The first-order valence-electron chi connectivity index (χ1n) is 13.8. The van der Waals surface area contributed by atoms with Crippen LogP contribution in [0.25, 0.3) is 0 Å². The monoisotopic (exact) mass is 606 g/mol. The van der Waals surface area contributed by atoms with E-state index >= 15 is 0 Å². The molecular formula is C32H38N4O4S2. The molecule has 1 saturated heterocycles. The lowest BCUT2D eigenvalue weighted by Gasteiger charge is -2.33. The number of benzene rings is 3. The molecule has 0 spiro atoms. The summed E-state index contributed by atoms with van der Waals surface area (Å²) in [6.45, 7) is 6.17. The van der Waals surface area contributed by atoms with E-state index in [1.54, 1.807) is 6.07 Å². The number of rotatable bonds is 10. The zero-order chi connectivity index (χ0) is 30.3. The molecule has 1 fully saturated rings. The Hall–Kier alpha value is -3.47. The molecule has 0 saturated carbocycles. The Balaban J connectivity index is 1.52. The van der Waals surface area contributed by atoms with Gasteiger partial charge in [0.15, 0.2) is 6.10 Å². The van der Waals surface area contributed by atoms with Crippen molar-refractivity contribution in [1.29, 1.82) is 0 Å². The molecule has 0 radical (unpaired) electrons. The summed E-state index contributed by atoms with van der Waals surface area (Å²) in [4.78, 5) is 42.8. The molecule has 222 valence electrons. The molecule has 0 bridgehead atoms. The van der Waals surface area contributed by atoms with Gasteiger partial charge in [-0.05, 0) is 62.3 Å². The largest absolute Gasteiger partial charge is 0.381 e. The smallest absolute Gasteiger partial charge is 0.319 e. The van der Waals surface area contributed by atoms with Crippen LogP contribution in [0.1, 0.15) is 30.5 Å². The number of aliphatic hydroxyl groups excluding tert-OH is 1. The van der Waals surface area contributed by atoms with Crippen molar-refractivity contribution in [2.45, 2.75) is 61.6 Å². The van der Waals surface area contributed by atoms with Gasteiger partial charge in [0.2, 0.25) is 5.91 Å². The van der Waals surface area contributed by atoms with Gasteiger partial charge in [-0.3, -0.25) is 9.59 Å². The molecule has 0 aliphatic carbocycles. The molecule has 1 heterocycles. The minimum Gasteiger partial charge on any atom is -0.381 e. The Bertz CT molecular complexity index is 1400. The summed E-state index contributed by atoms with van der Waals surface area (Å²) in [7, 11) is 0. The van der Waals surface area contributed by atoms with E-state index in [0.29, 0.717) is 12.2 Å². The average Bonchev–Trinajstić information content (AvgIpc) is 3.31. The van der Waals surface area contributed by atoms with Crippen LogP contribution >= 0.6 is 23.5 Å². The minimum atomic E-state index is -1.58. The third-order valence-corrected chi connectivity index (χ3v) is 9.57. The third kappa shape index (κ3) is 7.67. The SMILES string of the molecule is CSc1ccccc1NC(=O)NC(Cc1ccccc1)C(O)C(=O)N1CSC(C)(C)C1C(=O)NCc1ccccc1C. The van der Waals surface area contributed by atoms with Crippen LogP contribution < -0.4 is 16.0 Å². The van der Waals surface area contributed by atoms with Gasteiger partial charge >= 0.3 is 6.03 Å². The topological polar surface area (TPSA) is 111 Å². The number of carbonyl (C=O) groups excluding carboxylic acids is 3. The van der Waals surface area contributed by atoms with Gasteiger partial charge in [0.05, 0.1) is 17.6 Å². The number of amides is 4. The van der Waals surface area contributed by atoms with E-state index in [-0.39, 0.29) is 18.2 Å². The Morgan fingerprint density at radius 2 is 1.69 bits per heavy atom. The van der Waals surface area contributed by atoms with E-state index in [0.717, 1.165) is 21.6 Å². The van der Waals surface area contributed by atoms with E-state index in [2.05, 4.69) is 16.0 Å². The second-order valence-corrected chi connectivity index (χ2v) is 13.2. The van der Waals surface area contributed by atoms with Crippen LogP contribution in [0.4, 0.5) is 10.5 Å². The summed E-state index contributed by atoms with van der Waals surface area (Å²) in [5.74, 6) is -0.640.